The molecular formula is C23H19N5O2S. The van der Waals surface area contributed by atoms with Crippen LogP contribution in [-0.4, -0.2) is 31.5 Å². The van der Waals surface area contributed by atoms with Crippen LogP contribution >= 0.6 is 11.8 Å². The Balaban J connectivity index is 1.52. The van der Waals surface area contributed by atoms with E-state index in [1.165, 1.54) is 22.3 Å². The summed E-state index contributed by atoms with van der Waals surface area (Å²) in [5.41, 5.74) is 5.35. The normalized spacial score (nSPS) is 17.3. The molecule has 0 unspecified atom stereocenters. The summed E-state index contributed by atoms with van der Waals surface area (Å²) in [5, 5.41) is 15.3. The maximum absolute atomic E-state index is 12.7. The van der Waals surface area contributed by atoms with Crippen molar-refractivity contribution in [2.24, 2.45) is 10.1 Å². The largest absolute Gasteiger partial charge is 0.462 e. The lowest BCUT2D eigenvalue weighted by molar-refractivity contribution is -0.114. The summed E-state index contributed by atoms with van der Waals surface area (Å²) in [7, 11) is 0. The summed E-state index contributed by atoms with van der Waals surface area (Å²) < 4.78 is 7.52. The molecule has 1 N–H and O–H groups in total. The SMILES string of the molecule is Cc1ccc(-n2c(C)cc(/C=C3/C(=N)N4N=C(c5ccco5)SC4=NC3=O)c2C)cc1. The highest BCUT2D eigenvalue weighted by atomic mass is 32.2. The Morgan fingerprint density at radius 3 is 2.61 bits per heavy atom. The van der Waals surface area contributed by atoms with E-state index in [0.29, 0.717) is 16.0 Å². The van der Waals surface area contributed by atoms with Crippen molar-refractivity contribution >= 4 is 39.8 Å². The van der Waals surface area contributed by atoms with E-state index in [0.717, 1.165) is 22.6 Å². The highest BCUT2D eigenvalue weighted by Gasteiger charge is 2.36. The molecule has 0 saturated heterocycles. The number of aliphatic imine (C=N–C) groups is 1. The van der Waals surface area contributed by atoms with Crippen molar-refractivity contribution in [1.82, 2.24) is 9.58 Å². The van der Waals surface area contributed by atoms with Crippen molar-refractivity contribution in [3.8, 4) is 5.69 Å². The van der Waals surface area contributed by atoms with Gasteiger partial charge in [0.05, 0.1) is 11.8 Å². The van der Waals surface area contributed by atoms with E-state index in [1.807, 2.05) is 19.9 Å². The van der Waals surface area contributed by atoms with Gasteiger partial charge in [0.2, 0.25) is 5.17 Å². The molecule has 4 heterocycles. The molecule has 0 atom stereocenters. The Morgan fingerprint density at radius 2 is 1.90 bits per heavy atom. The molecule has 1 aromatic carbocycles. The summed E-state index contributed by atoms with van der Waals surface area (Å²) in [5.74, 6) is 0.138. The highest BCUT2D eigenvalue weighted by molar-refractivity contribution is 8.27. The second-order valence-electron chi connectivity index (χ2n) is 7.40. The molecule has 7 nitrogen and oxygen atoms in total. The number of furan rings is 1. The summed E-state index contributed by atoms with van der Waals surface area (Å²) in [6.07, 6.45) is 3.28. The van der Waals surface area contributed by atoms with Crippen LogP contribution in [0.3, 0.4) is 0 Å². The summed E-state index contributed by atoms with van der Waals surface area (Å²) >= 11 is 1.22. The molecule has 0 aliphatic carbocycles. The van der Waals surface area contributed by atoms with Gasteiger partial charge in [0.1, 0.15) is 0 Å². The molecule has 1 amide bonds. The van der Waals surface area contributed by atoms with Gasteiger partial charge in [-0.15, -0.1) is 0 Å². The first-order valence-electron chi connectivity index (χ1n) is 9.72. The number of nitrogens with zero attached hydrogens (tertiary/aromatic N) is 4. The van der Waals surface area contributed by atoms with Gasteiger partial charge in [-0.1, -0.05) is 17.7 Å². The van der Waals surface area contributed by atoms with Crippen LogP contribution in [0, 0.1) is 26.2 Å². The van der Waals surface area contributed by atoms with Gasteiger partial charge in [-0.3, -0.25) is 10.2 Å². The van der Waals surface area contributed by atoms with E-state index >= 15 is 0 Å². The minimum Gasteiger partial charge on any atom is -0.462 e. The number of amidine groups is 2. The number of amides is 1. The Morgan fingerprint density at radius 1 is 1.13 bits per heavy atom. The predicted octanol–water partition coefficient (Wildman–Crippen LogP) is 4.66. The molecule has 0 bridgehead atoms. The molecule has 31 heavy (non-hydrogen) atoms. The standard InChI is InChI=1S/C23H19N5O2S/c1-13-6-8-17(9-7-13)27-14(2)11-16(15(27)3)12-18-20(24)28-23(25-21(18)29)31-22(26-28)19-5-4-10-30-19/h4-12,24H,1-3H3/b18-12-,24-20?. The van der Waals surface area contributed by atoms with Crippen molar-refractivity contribution in [2.75, 3.05) is 0 Å². The molecule has 5 rings (SSSR count). The number of hydrogen-bond acceptors (Lipinski definition) is 5. The summed E-state index contributed by atoms with van der Waals surface area (Å²) in [6.45, 7) is 6.08. The van der Waals surface area contributed by atoms with Crippen LogP contribution < -0.4 is 0 Å². The van der Waals surface area contributed by atoms with Gasteiger partial charge in [-0.2, -0.15) is 15.1 Å². The zero-order chi connectivity index (χ0) is 21.7. The molecular weight excluding hydrogens is 410 g/mol. The van der Waals surface area contributed by atoms with E-state index in [1.54, 1.807) is 24.5 Å². The average molecular weight is 430 g/mol. The lowest BCUT2D eigenvalue weighted by atomic mass is 10.1. The van der Waals surface area contributed by atoms with Crippen LogP contribution in [-0.2, 0) is 4.79 Å². The van der Waals surface area contributed by atoms with Crippen LogP contribution in [0.15, 0.2) is 68.8 Å². The molecule has 0 saturated carbocycles. The number of hydrogen-bond donors (Lipinski definition) is 1. The fraction of sp³-hybridized carbons (Fsp3) is 0.130. The third kappa shape index (κ3) is 3.25. The smallest absolute Gasteiger partial charge is 0.283 e. The number of benzene rings is 1. The van der Waals surface area contributed by atoms with Crippen LogP contribution in [0.1, 0.15) is 28.3 Å². The van der Waals surface area contributed by atoms with Gasteiger partial charge >= 0.3 is 0 Å². The minimum atomic E-state index is -0.445. The number of fused-ring (bicyclic) bond motifs is 1. The van der Waals surface area contributed by atoms with Crippen molar-refractivity contribution in [3.05, 3.63) is 82.6 Å². The first kappa shape index (κ1) is 19.3. The molecule has 8 heteroatoms. The van der Waals surface area contributed by atoms with Gasteiger partial charge in [0.15, 0.2) is 16.6 Å². The lowest BCUT2D eigenvalue weighted by Gasteiger charge is -2.20. The molecule has 2 aliphatic rings. The zero-order valence-electron chi connectivity index (χ0n) is 17.2. The first-order valence-corrected chi connectivity index (χ1v) is 10.5. The third-order valence-corrected chi connectivity index (χ3v) is 6.17. The topological polar surface area (TPSA) is 86.9 Å². The Labute approximate surface area is 183 Å². The average Bonchev–Trinajstić information content (AvgIpc) is 3.46. The van der Waals surface area contributed by atoms with Crippen LogP contribution in [0.25, 0.3) is 11.8 Å². The molecule has 2 aliphatic heterocycles. The van der Waals surface area contributed by atoms with E-state index in [2.05, 4.69) is 45.9 Å². The van der Waals surface area contributed by atoms with E-state index in [-0.39, 0.29) is 11.4 Å². The summed E-state index contributed by atoms with van der Waals surface area (Å²) in [4.78, 5) is 16.9. The Hall–Kier alpha value is -3.65. The molecule has 0 spiro atoms. The van der Waals surface area contributed by atoms with Gasteiger partial charge < -0.3 is 8.98 Å². The fourth-order valence-electron chi connectivity index (χ4n) is 3.67. The van der Waals surface area contributed by atoms with Crippen molar-refractivity contribution in [2.45, 2.75) is 20.8 Å². The second-order valence-corrected chi connectivity index (χ2v) is 8.36. The lowest BCUT2D eigenvalue weighted by Crippen LogP contribution is -2.35. The van der Waals surface area contributed by atoms with Gasteiger partial charge in [-0.05, 0) is 74.5 Å². The summed E-state index contributed by atoms with van der Waals surface area (Å²) in [6, 6.07) is 13.9. The van der Waals surface area contributed by atoms with Crippen LogP contribution in [0.2, 0.25) is 0 Å². The van der Waals surface area contributed by atoms with Gasteiger partial charge in [0, 0.05) is 17.1 Å². The number of carbonyl (C=O) groups excluding carboxylic acids is 1. The van der Waals surface area contributed by atoms with Gasteiger partial charge in [-0.25, -0.2) is 0 Å². The van der Waals surface area contributed by atoms with Crippen LogP contribution in [0.5, 0.6) is 0 Å². The molecule has 3 aromatic rings. The molecule has 2 aromatic heterocycles. The number of thioether (sulfide) groups is 1. The van der Waals surface area contributed by atoms with E-state index in [4.69, 9.17) is 9.83 Å². The monoisotopic (exact) mass is 429 g/mol. The second kappa shape index (κ2) is 7.24. The molecule has 154 valence electrons. The molecule has 0 fully saturated rings. The number of nitrogens with one attached hydrogen (secondary N) is 1. The Kier molecular flexibility index (Phi) is 4.51. The van der Waals surface area contributed by atoms with Crippen LogP contribution in [0.4, 0.5) is 0 Å². The highest BCUT2D eigenvalue weighted by Crippen LogP contribution is 2.32. The first-order chi connectivity index (χ1) is 14.9. The van der Waals surface area contributed by atoms with Gasteiger partial charge in [0.25, 0.3) is 5.91 Å². The number of aryl methyl sites for hydroxylation is 2. The Bertz CT molecular complexity index is 1310. The van der Waals surface area contributed by atoms with Crippen molar-refractivity contribution < 1.29 is 9.21 Å². The number of aromatic nitrogens is 1. The number of hydrazone groups is 1. The molecule has 0 radical (unpaired) electrons. The number of rotatable bonds is 3. The number of carbonyl (C=O) groups is 1. The minimum absolute atomic E-state index is 0.00388. The van der Waals surface area contributed by atoms with Crippen molar-refractivity contribution in [1.29, 1.82) is 5.41 Å². The van der Waals surface area contributed by atoms with E-state index < -0.39 is 5.91 Å². The zero-order valence-corrected chi connectivity index (χ0v) is 18.0. The predicted molar refractivity (Wildman–Crippen MR) is 123 cm³/mol. The maximum atomic E-state index is 12.7. The quantitative estimate of drug-likeness (QED) is 0.613. The third-order valence-electron chi connectivity index (χ3n) is 5.25. The maximum Gasteiger partial charge on any atom is 0.283 e. The fourth-order valence-corrected chi connectivity index (χ4v) is 4.53. The van der Waals surface area contributed by atoms with E-state index in [9.17, 15) is 4.79 Å². The van der Waals surface area contributed by atoms with Crippen molar-refractivity contribution in [3.63, 3.8) is 0 Å².